The monoisotopic (exact) mass is 279 g/mol. The maximum Gasteiger partial charge on any atom is 0.101 e. The second-order valence-electron chi connectivity index (χ2n) is 4.90. The predicted octanol–water partition coefficient (Wildman–Crippen LogP) is 2.43. The Bertz CT molecular complexity index is 711. The fourth-order valence-corrected chi connectivity index (χ4v) is 2.42. The molecule has 0 aliphatic rings. The molecule has 5 nitrogen and oxygen atoms in total. The number of hydrogen-bond acceptors (Lipinski definition) is 4. The number of para-hydroxylation sites is 1. The smallest absolute Gasteiger partial charge is 0.101 e. The summed E-state index contributed by atoms with van der Waals surface area (Å²) >= 11 is 0. The van der Waals surface area contributed by atoms with Gasteiger partial charge in [-0.3, -0.25) is 4.68 Å². The molecule has 1 aromatic carbocycles. The van der Waals surface area contributed by atoms with E-state index in [2.05, 4.69) is 22.6 Å². The molecular weight excluding hydrogens is 262 g/mol. The molecule has 1 aromatic heterocycles. The van der Waals surface area contributed by atoms with E-state index in [4.69, 9.17) is 10.5 Å². The largest absolute Gasteiger partial charge is 0.383 e. The lowest BCUT2D eigenvalue weighted by atomic mass is 10.1. The first-order valence-corrected chi connectivity index (χ1v) is 6.74. The van der Waals surface area contributed by atoms with Crippen molar-refractivity contribution in [1.82, 2.24) is 9.78 Å². The van der Waals surface area contributed by atoms with Crippen LogP contribution in [-0.4, -0.2) is 16.3 Å². The normalized spacial score (nSPS) is 9.95. The van der Waals surface area contributed by atoms with Gasteiger partial charge < -0.3 is 5.32 Å². The molecule has 0 radical (unpaired) electrons. The number of nitrogens with one attached hydrogen (secondary N) is 1. The third kappa shape index (κ3) is 2.88. The van der Waals surface area contributed by atoms with Crippen molar-refractivity contribution < 1.29 is 0 Å². The molecule has 0 saturated carbocycles. The molecule has 0 saturated heterocycles. The van der Waals surface area contributed by atoms with Crippen molar-refractivity contribution >= 4 is 5.69 Å². The number of benzene rings is 1. The van der Waals surface area contributed by atoms with Crippen LogP contribution in [0.1, 0.15) is 28.1 Å². The molecule has 0 fully saturated rings. The molecule has 1 N–H and O–H groups in total. The lowest BCUT2D eigenvalue weighted by molar-refractivity contribution is 0.730. The van der Waals surface area contributed by atoms with Gasteiger partial charge in [-0.1, -0.05) is 6.07 Å². The van der Waals surface area contributed by atoms with Crippen molar-refractivity contribution in [3.05, 3.63) is 46.3 Å². The van der Waals surface area contributed by atoms with Gasteiger partial charge in [-0.2, -0.15) is 15.6 Å². The van der Waals surface area contributed by atoms with Gasteiger partial charge in [0.2, 0.25) is 0 Å². The van der Waals surface area contributed by atoms with E-state index in [-0.39, 0.29) is 0 Å². The standard InChI is InChI=1S/C16H17N5/c1-11-15(12(2)21(3)20-11)7-8-19-16-13(9-17)5-4-6-14(16)10-18/h4-6,19H,7-8H2,1-3H3. The zero-order valence-corrected chi connectivity index (χ0v) is 12.4. The Labute approximate surface area is 124 Å². The average molecular weight is 279 g/mol. The maximum atomic E-state index is 9.13. The Morgan fingerprint density at radius 1 is 1.19 bits per heavy atom. The summed E-state index contributed by atoms with van der Waals surface area (Å²) in [6, 6.07) is 9.38. The number of rotatable bonds is 4. The van der Waals surface area contributed by atoms with Crippen LogP contribution >= 0.6 is 0 Å². The van der Waals surface area contributed by atoms with Crippen LogP contribution in [0.3, 0.4) is 0 Å². The number of hydrogen-bond donors (Lipinski definition) is 1. The van der Waals surface area contributed by atoms with E-state index in [0.29, 0.717) is 23.4 Å². The highest BCUT2D eigenvalue weighted by molar-refractivity contribution is 5.66. The van der Waals surface area contributed by atoms with Crippen LogP contribution < -0.4 is 5.32 Å². The summed E-state index contributed by atoms with van der Waals surface area (Å²) in [5.74, 6) is 0. The molecular formula is C16H17N5. The van der Waals surface area contributed by atoms with Crippen molar-refractivity contribution in [3.63, 3.8) is 0 Å². The van der Waals surface area contributed by atoms with Gasteiger partial charge in [0, 0.05) is 19.3 Å². The van der Waals surface area contributed by atoms with E-state index in [1.807, 2.05) is 25.6 Å². The first-order chi connectivity index (χ1) is 10.1. The van der Waals surface area contributed by atoms with E-state index in [1.54, 1.807) is 18.2 Å². The second kappa shape index (κ2) is 6.11. The predicted molar refractivity (Wildman–Crippen MR) is 80.7 cm³/mol. The van der Waals surface area contributed by atoms with Crippen LogP contribution in [0.5, 0.6) is 0 Å². The Hall–Kier alpha value is -2.79. The minimum atomic E-state index is 0.494. The first kappa shape index (κ1) is 14.6. The summed E-state index contributed by atoms with van der Waals surface area (Å²) in [5, 5.41) is 25.9. The number of anilines is 1. The molecule has 2 rings (SSSR count). The third-order valence-corrected chi connectivity index (χ3v) is 3.64. The van der Waals surface area contributed by atoms with Gasteiger partial charge in [-0.05, 0) is 38.0 Å². The SMILES string of the molecule is Cc1nn(C)c(C)c1CCNc1c(C#N)cccc1C#N. The number of nitriles is 2. The van der Waals surface area contributed by atoms with Crippen LogP contribution in [0.15, 0.2) is 18.2 Å². The molecule has 21 heavy (non-hydrogen) atoms. The van der Waals surface area contributed by atoms with Crippen molar-refractivity contribution in [1.29, 1.82) is 10.5 Å². The molecule has 0 spiro atoms. The molecule has 0 aliphatic carbocycles. The number of nitrogens with zero attached hydrogens (tertiary/aromatic N) is 4. The highest BCUT2D eigenvalue weighted by Gasteiger charge is 2.11. The summed E-state index contributed by atoms with van der Waals surface area (Å²) in [4.78, 5) is 0. The summed E-state index contributed by atoms with van der Waals surface area (Å²) in [6.45, 7) is 4.69. The van der Waals surface area contributed by atoms with E-state index in [1.165, 1.54) is 5.56 Å². The quantitative estimate of drug-likeness (QED) is 0.932. The van der Waals surface area contributed by atoms with Crippen molar-refractivity contribution in [3.8, 4) is 12.1 Å². The van der Waals surface area contributed by atoms with Crippen LogP contribution in [0.25, 0.3) is 0 Å². The average Bonchev–Trinajstić information content (AvgIpc) is 2.73. The van der Waals surface area contributed by atoms with Gasteiger partial charge in [0.25, 0.3) is 0 Å². The van der Waals surface area contributed by atoms with E-state index < -0.39 is 0 Å². The van der Waals surface area contributed by atoms with Crippen LogP contribution in [0.4, 0.5) is 5.69 Å². The Morgan fingerprint density at radius 2 is 1.81 bits per heavy atom. The number of aromatic nitrogens is 2. The van der Waals surface area contributed by atoms with E-state index in [9.17, 15) is 0 Å². The van der Waals surface area contributed by atoms with Crippen LogP contribution in [-0.2, 0) is 13.5 Å². The zero-order valence-electron chi connectivity index (χ0n) is 12.4. The highest BCUT2D eigenvalue weighted by Crippen LogP contribution is 2.20. The number of aryl methyl sites for hydroxylation is 2. The lowest BCUT2D eigenvalue weighted by Crippen LogP contribution is -2.09. The first-order valence-electron chi connectivity index (χ1n) is 6.74. The molecule has 106 valence electrons. The molecule has 0 aliphatic heterocycles. The van der Waals surface area contributed by atoms with Gasteiger partial charge in [0.15, 0.2) is 0 Å². The fraction of sp³-hybridized carbons (Fsp3) is 0.312. The van der Waals surface area contributed by atoms with E-state index in [0.717, 1.165) is 17.8 Å². The van der Waals surface area contributed by atoms with Gasteiger partial charge in [0.05, 0.1) is 22.5 Å². The molecule has 0 atom stereocenters. The molecule has 5 heteroatoms. The van der Waals surface area contributed by atoms with E-state index >= 15 is 0 Å². The summed E-state index contributed by atoms with van der Waals surface area (Å²) in [7, 11) is 1.93. The third-order valence-electron chi connectivity index (χ3n) is 3.64. The van der Waals surface area contributed by atoms with Crippen molar-refractivity contribution in [2.75, 3.05) is 11.9 Å². The molecule has 2 aromatic rings. The van der Waals surface area contributed by atoms with Gasteiger partial charge in [-0.15, -0.1) is 0 Å². The zero-order chi connectivity index (χ0) is 15.4. The molecule has 0 amide bonds. The Balaban J connectivity index is 2.15. The van der Waals surface area contributed by atoms with Crippen molar-refractivity contribution in [2.24, 2.45) is 7.05 Å². The van der Waals surface area contributed by atoms with Gasteiger partial charge >= 0.3 is 0 Å². The Morgan fingerprint density at radius 3 is 2.29 bits per heavy atom. The summed E-state index contributed by atoms with van der Waals surface area (Å²) in [6.07, 6.45) is 0.802. The lowest BCUT2D eigenvalue weighted by Gasteiger charge is -2.10. The highest BCUT2D eigenvalue weighted by atomic mass is 15.3. The van der Waals surface area contributed by atoms with Crippen LogP contribution in [0.2, 0.25) is 0 Å². The van der Waals surface area contributed by atoms with Crippen molar-refractivity contribution in [2.45, 2.75) is 20.3 Å². The molecule has 1 heterocycles. The maximum absolute atomic E-state index is 9.13. The van der Waals surface area contributed by atoms with Gasteiger partial charge in [0.1, 0.15) is 12.1 Å². The summed E-state index contributed by atoms with van der Waals surface area (Å²) in [5.41, 5.74) is 4.97. The summed E-state index contributed by atoms with van der Waals surface area (Å²) < 4.78 is 1.87. The van der Waals surface area contributed by atoms with Crippen LogP contribution in [0, 0.1) is 36.5 Å². The fourth-order valence-electron chi connectivity index (χ4n) is 2.42. The Kier molecular flexibility index (Phi) is 4.25. The molecule has 0 bridgehead atoms. The molecule has 0 unspecified atom stereocenters. The van der Waals surface area contributed by atoms with Gasteiger partial charge in [-0.25, -0.2) is 0 Å². The minimum absolute atomic E-state index is 0.494. The minimum Gasteiger partial charge on any atom is -0.383 e. The second-order valence-corrected chi connectivity index (χ2v) is 4.90. The topological polar surface area (TPSA) is 77.4 Å².